The normalized spacial score (nSPS) is 21.9. The Balaban J connectivity index is 1.95. The molecule has 0 spiro atoms. The molecule has 6 heteroatoms. The van der Waals surface area contributed by atoms with Crippen molar-refractivity contribution in [3.05, 3.63) is 29.1 Å². The molecule has 2 heterocycles. The molecule has 104 valence electrons. The number of benzene rings is 1. The quantitative estimate of drug-likeness (QED) is 0.516. The third-order valence-electron chi connectivity index (χ3n) is 3.18. The fourth-order valence-electron chi connectivity index (χ4n) is 2.24. The number of amidine groups is 1. The zero-order valence-electron chi connectivity index (χ0n) is 10.9. The van der Waals surface area contributed by atoms with E-state index in [1.165, 1.54) is 11.3 Å². The van der Waals surface area contributed by atoms with Gasteiger partial charge in [-0.05, 0) is 25.1 Å². The summed E-state index contributed by atoms with van der Waals surface area (Å²) in [4.78, 5) is 12.3. The molecule has 0 amide bonds. The molecule has 20 heavy (non-hydrogen) atoms. The van der Waals surface area contributed by atoms with Gasteiger partial charge in [0.25, 0.3) is 0 Å². The Kier molecular flexibility index (Phi) is 3.10. The Bertz CT molecular complexity index is 695. The van der Waals surface area contributed by atoms with Crippen LogP contribution in [0.15, 0.2) is 24.3 Å². The summed E-state index contributed by atoms with van der Waals surface area (Å²) in [5.41, 5.74) is 5.51. The monoisotopic (exact) mass is 290 g/mol. The molecule has 0 saturated carbocycles. The van der Waals surface area contributed by atoms with Crippen LogP contribution in [0.5, 0.6) is 5.75 Å². The summed E-state index contributed by atoms with van der Waals surface area (Å²) in [5.74, 6) is 0.338. The summed E-state index contributed by atoms with van der Waals surface area (Å²) in [6.45, 7) is 1.85. The average Bonchev–Trinajstić information content (AvgIpc) is 2.94. The number of thiophene rings is 1. The number of nitrogens with two attached hydrogens (primary N) is 1. The third kappa shape index (κ3) is 2.22. The number of carbonyl (C=O) groups is 1. The molecular weight excluding hydrogens is 276 g/mol. The van der Waals surface area contributed by atoms with E-state index in [9.17, 15) is 4.79 Å². The summed E-state index contributed by atoms with van der Waals surface area (Å²) in [5, 5.41) is 8.36. The minimum Gasteiger partial charge on any atom is -0.478 e. The highest BCUT2D eigenvalue weighted by atomic mass is 32.1. The van der Waals surface area contributed by atoms with Gasteiger partial charge in [-0.1, -0.05) is 6.07 Å². The Morgan fingerprint density at radius 3 is 3.00 bits per heavy atom. The van der Waals surface area contributed by atoms with Crippen molar-refractivity contribution in [2.45, 2.75) is 25.6 Å². The van der Waals surface area contributed by atoms with E-state index >= 15 is 0 Å². The fourth-order valence-corrected chi connectivity index (χ4v) is 3.18. The smallest absolute Gasteiger partial charge is 0.347 e. The second kappa shape index (κ2) is 4.79. The number of ether oxygens (including phenoxy) is 2. The number of rotatable bonds is 3. The molecule has 2 unspecified atom stereocenters. The number of carbonyl (C=O) groups excluding carboxylic acids is 1. The molecule has 0 aliphatic carbocycles. The Hall–Kier alpha value is -2.08. The highest BCUT2D eigenvalue weighted by molar-refractivity contribution is 7.20. The minimum absolute atomic E-state index is 0.0334. The molecule has 0 bridgehead atoms. The van der Waals surface area contributed by atoms with Crippen molar-refractivity contribution in [1.29, 1.82) is 5.41 Å². The Morgan fingerprint density at radius 1 is 1.55 bits per heavy atom. The molecule has 1 saturated heterocycles. The second-order valence-corrected chi connectivity index (χ2v) is 5.87. The van der Waals surface area contributed by atoms with E-state index < -0.39 is 6.10 Å². The van der Waals surface area contributed by atoms with Crippen LogP contribution < -0.4 is 10.5 Å². The second-order valence-electron chi connectivity index (χ2n) is 4.78. The number of hydrogen-bond acceptors (Lipinski definition) is 5. The minimum atomic E-state index is -0.559. The molecule has 1 aliphatic rings. The Labute approximate surface area is 119 Å². The van der Waals surface area contributed by atoms with Gasteiger partial charge in [0.1, 0.15) is 17.7 Å². The Morgan fingerprint density at radius 2 is 2.35 bits per heavy atom. The number of esters is 1. The lowest BCUT2D eigenvalue weighted by Crippen LogP contribution is -2.21. The van der Waals surface area contributed by atoms with Gasteiger partial charge in [0, 0.05) is 16.5 Å². The van der Waals surface area contributed by atoms with Gasteiger partial charge in [0.15, 0.2) is 6.10 Å². The van der Waals surface area contributed by atoms with Gasteiger partial charge < -0.3 is 15.2 Å². The first-order chi connectivity index (χ1) is 9.54. The SMILES string of the molecule is CC1CC(Oc2cccc3sc(C(=N)N)cc23)C(=O)O1. The van der Waals surface area contributed by atoms with Crippen molar-refractivity contribution in [3.8, 4) is 5.75 Å². The van der Waals surface area contributed by atoms with Crippen molar-refractivity contribution >= 4 is 33.2 Å². The lowest BCUT2D eigenvalue weighted by Gasteiger charge is -2.10. The molecule has 0 radical (unpaired) electrons. The standard InChI is InChI=1S/C14H14N2O3S/c1-7-5-10(14(17)18-7)19-9-3-2-4-11-8(9)6-12(20-11)13(15)16/h2-4,6-7,10H,5H2,1H3,(H3,15,16). The van der Waals surface area contributed by atoms with Crippen LogP contribution in [0.4, 0.5) is 0 Å². The van der Waals surface area contributed by atoms with Gasteiger partial charge in [-0.15, -0.1) is 11.3 Å². The largest absolute Gasteiger partial charge is 0.478 e. The number of nitrogens with one attached hydrogen (secondary N) is 1. The maximum absolute atomic E-state index is 11.6. The lowest BCUT2D eigenvalue weighted by atomic mass is 10.2. The highest BCUT2D eigenvalue weighted by Gasteiger charge is 2.34. The zero-order valence-corrected chi connectivity index (χ0v) is 11.7. The number of fused-ring (bicyclic) bond motifs is 1. The van der Waals surface area contributed by atoms with E-state index in [0.29, 0.717) is 17.0 Å². The summed E-state index contributed by atoms with van der Waals surface area (Å²) < 4.78 is 11.9. The van der Waals surface area contributed by atoms with E-state index in [2.05, 4.69) is 0 Å². The van der Waals surface area contributed by atoms with Crippen LogP contribution in [0.3, 0.4) is 0 Å². The van der Waals surface area contributed by atoms with Gasteiger partial charge in [-0.3, -0.25) is 5.41 Å². The van der Waals surface area contributed by atoms with Crippen LogP contribution in [-0.4, -0.2) is 24.0 Å². The molecule has 1 fully saturated rings. The predicted molar refractivity (Wildman–Crippen MR) is 77.4 cm³/mol. The van der Waals surface area contributed by atoms with Crippen LogP contribution in [0.2, 0.25) is 0 Å². The van der Waals surface area contributed by atoms with E-state index in [-0.39, 0.29) is 17.9 Å². The highest BCUT2D eigenvalue weighted by Crippen LogP contribution is 2.34. The molecule has 2 aromatic rings. The molecule has 5 nitrogen and oxygen atoms in total. The molecule has 3 rings (SSSR count). The molecule has 1 aromatic heterocycles. The van der Waals surface area contributed by atoms with Crippen LogP contribution in [0.1, 0.15) is 18.2 Å². The maximum atomic E-state index is 11.6. The fraction of sp³-hybridized carbons (Fsp3) is 0.286. The summed E-state index contributed by atoms with van der Waals surface area (Å²) >= 11 is 1.43. The first-order valence-electron chi connectivity index (χ1n) is 6.28. The van der Waals surface area contributed by atoms with Crippen LogP contribution >= 0.6 is 11.3 Å². The van der Waals surface area contributed by atoms with E-state index in [1.54, 1.807) is 0 Å². The molecular formula is C14H14N2O3S. The van der Waals surface area contributed by atoms with Gasteiger partial charge >= 0.3 is 5.97 Å². The van der Waals surface area contributed by atoms with Crippen molar-refractivity contribution in [1.82, 2.24) is 0 Å². The van der Waals surface area contributed by atoms with Crippen LogP contribution in [-0.2, 0) is 9.53 Å². The summed E-state index contributed by atoms with van der Waals surface area (Å²) in [7, 11) is 0. The van der Waals surface area contributed by atoms with Gasteiger partial charge in [0.2, 0.25) is 0 Å². The van der Waals surface area contributed by atoms with Crippen molar-refractivity contribution in [3.63, 3.8) is 0 Å². The predicted octanol–water partition coefficient (Wildman–Crippen LogP) is 2.27. The lowest BCUT2D eigenvalue weighted by molar-refractivity contribution is -0.145. The number of nitrogen functional groups attached to an aromatic ring is 1. The maximum Gasteiger partial charge on any atom is 0.347 e. The van der Waals surface area contributed by atoms with Gasteiger partial charge in [-0.25, -0.2) is 4.79 Å². The van der Waals surface area contributed by atoms with Crippen LogP contribution in [0.25, 0.3) is 10.1 Å². The van der Waals surface area contributed by atoms with E-state index in [1.807, 2.05) is 31.2 Å². The average molecular weight is 290 g/mol. The van der Waals surface area contributed by atoms with E-state index in [4.69, 9.17) is 20.6 Å². The first-order valence-corrected chi connectivity index (χ1v) is 7.10. The van der Waals surface area contributed by atoms with Crippen molar-refractivity contribution in [2.75, 3.05) is 0 Å². The molecule has 1 aliphatic heterocycles. The van der Waals surface area contributed by atoms with Crippen LogP contribution in [0, 0.1) is 5.41 Å². The first kappa shape index (κ1) is 12.9. The van der Waals surface area contributed by atoms with Crippen molar-refractivity contribution < 1.29 is 14.3 Å². The molecule has 3 N–H and O–H groups in total. The zero-order chi connectivity index (χ0) is 14.3. The summed E-state index contributed by atoms with van der Waals surface area (Å²) in [6.07, 6.45) is -0.114. The van der Waals surface area contributed by atoms with Gasteiger partial charge in [0.05, 0.1) is 4.88 Å². The van der Waals surface area contributed by atoms with Crippen molar-refractivity contribution in [2.24, 2.45) is 5.73 Å². The topological polar surface area (TPSA) is 85.4 Å². The number of hydrogen-bond donors (Lipinski definition) is 2. The molecule has 2 atom stereocenters. The summed E-state index contributed by atoms with van der Waals surface area (Å²) in [6, 6.07) is 7.44. The number of cyclic esters (lactones) is 1. The third-order valence-corrected chi connectivity index (χ3v) is 4.32. The van der Waals surface area contributed by atoms with Gasteiger partial charge in [-0.2, -0.15) is 0 Å². The molecule has 1 aromatic carbocycles. The van der Waals surface area contributed by atoms with E-state index in [0.717, 1.165) is 10.1 Å².